The van der Waals surface area contributed by atoms with Gasteiger partial charge in [0.25, 0.3) is 0 Å². The van der Waals surface area contributed by atoms with Gasteiger partial charge < -0.3 is 10.4 Å². The van der Waals surface area contributed by atoms with Crippen molar-refractivity contribution in [2.75, 3.05) is 6.54 Å². The van der Waals surface area contributed by atoms with Crippen molar-refractivity contribution in [3.05, 3.63) is 0 Å². The molecule has 0 heterocycles. The maximum atomic E-state index is 10.9. The van der Waals surface area contributed by atoms with E-state index >= 15 is 0 Å². The molecule has 0 spiro atoms. The van der Waals surface area contributed by atoms with E-state index in [2.05, 4.69) is 19.2 Å². The third-order valence-corrected chi connectivity index (χ3v) is 3.80. The molecule has 3 unspecified atom stereocenters. The van der Waals surface area contributed by atoms with Crippen LogP contribution >= 0.6 is 0 Å². The number of hydrogen-bond acceptors (Lipinski definition) is 2. The number of rotatable bonds is 4. The van der Waals surface area contributed by atoms with Gasteiger partial charge in [-0.2, -0.15) is 0 Å². The summed E-state index contributed by atoms with van der Waals surface area (Å²) in [4.78, 5) is 10.9. The lowest BCUT2D eigenvalue weighted by atomic mass is 9.70. The van der Waals surface area contributed by atoms with Crippen LogP contribution in [0.1, 0.15) is 46.5 Å². The van der Waals surface area contributed by atoms with Crippen molar-refractivity contribution in [3.8, 4) is 0 Å². The van der Waals surface area contributed by atoms with Crippen LogP contribution in [0.5, 0.6) is 0 Å². The van der Waals surface area contributed by atoms with Crippen LogP contribution in [0.15, 0.2) is 0 Å². The van der Waals surface area contributed by atoms with Crippen LogP contribution in [-0.4, -0.2) is 23.2 Å². The second kappa shape index (κ2) is 4.97. The Bertz CT molecular complexity index is 230. The predicted molar refractivity (Wildman–Crippen MR) is 60.8 cm³/mol. The molecule has 1 fully saturated rings. The summed E-state index contributed by atoms with van der Waals surface area (Å²) in [5, 5.41) is 12.4. The summed E-state index contributed by atoms with van der Waals surface area (Å²) in [5.74, 6) is 0.667. The van der Waals surface area contributed by atoms with Crippen LogP contribution < -0.4 is 5.32 Å². The fourth-order valence-electron chi connectivity index (χ4n) is 2.76. The standard InChI is InChI=1S/C12H23NO2/c1-4-13-12(8-11(14)15)6-5-9(2)10(3)7-12/h9-10,13H,4-8H2,1-3H3,(H,14,15). The molecule has 0 aromatic rings. The normalized spacial score (nSPS) is 36.5. The van der Waals surface area contributed by atoms with E-state index in [-0.39, 0.29) is 12.0 Å². The Labute approximate surface area is 92.3 Å². The van der Waals surface area contributed by atoms with E-state index in [1.807, 2.05) is 6.92 Å². The van der Waals surface area contributed by atoms with Crippen molar-refractivity contribution in [3.63, 3.8) is 0 Å². The Morgan fingerprint density at radius 3 is 2.60 bits per heavy atom. The minimum Gasteiger partial charge on any atom is -0.481 e. The number of hydrogen-bond donors (Lipinski definition) is 2. The van der Waals surface area contributed by atoms with Crippen LogP contribution in [0.25, 0.3) is 0 Å². The van der Waals surface area contributed by atoms with Gasteiger partial charge >= 0.3 is 5.97 Å². The zero-order chi connectivity index (χ0) is 11.5. The van der Waals surface area contributed by atoms with Crippen molar-refractivity contribution in [2.45, 2.75) is 52.0 Å². The largest absolute Gasteiger partial charge is 0.481 e. The second-order valence-corrected chi connectivity index (χ2v) is 5.08. The van der Waals surface area contributed by atoms with E-state index < -0.39 is 5.97 Å². The van der Waals surface area contributed by atoms with Crippen LogP contribution in [0.4, 0.5) is 0 Å². The monoisotopic (exact) mass is 213 g/mol. The summed E-state index contributed by atoms with van der Waals surface area (Å²) in [6.45, 7) is 7.40. The molecule has 0 radical (unpaired) electrons. The summed E-state index contributed by atoms with van der Waals surface area (Å²) < 4.78 is 0. The van der Waals surface area contributed by atoms with Gasteiger partial charge in [-0.05, 0) is 37.6 Å². The topological polar surface area (TPSA) is 49.3 Å². The summed E-state index contributed by atoms with van der Waals surface area (Å²) in [6.07, 6.45) is 3.40. The van der Waals surface area contributed by atoms with Gasteiger partial charge in [-0.25, -0.2) is 0 Å². The summed E-state index contributed by atoms with van der Waals surface area (Å²) >= 11 is 0. The first kappa shape index (κ1) is 12.5. The van der Waals surface area contributed by atoms with E-state index in [0.29, 0.717) is 5.92 Å². The zero-order valence-corrected chi connectivity index (χ0v) is 10.0. The molecule has 15 heavy (non-hydrogen) atoms. The van der Waals surface area contributed by atoms with Crippen molar-refractivity contribution in [1.82, 2.24) is 5.32 Å². The molecule has 3 heteroatoms. The Kier molecular flexibility index (Phi) is 4.14. The molecule has 0 amide bonds. The highest BCUT2D eigenvalue weighted by atomic mass is 16.4. The minimum absolute atomic E-state index is 0.146. The summed E-state index contributed by atoms with van der Waals surface area (Å²) in [6, 6.07) is 0. The van der Waals surface area contributed by atoms with Crippen molar-refractivity contribution >= 4 is 5.97 Å². The van der Waals surface area contributed by atoms with Crippen LogP contribution in [0.3, 0.4) is 0 Å². The number of carbonyl (C=O) groups is 1. The quantitative estimate of drug-likeness (QED) is 0.753. The van der Waals surface area contributed by atoms with Gasteiger partial charge in [0.2, 0.25) is 0 Å². The highest BCUT2D eigenvalue weighted by Crippen LogP contribution is 2.38. The molecule has 1 aliphatic rings. The fourth-order valence-corrected chi connectivity index (χ4v) is 2.76. The van der Waals surface area contributed by atoms with Gasteiger partial charge in [0.05, 0.1) is 6.42 Å². The highest BCUT2D eigenvalue weighted by Gasteiger charge is 2.38. The molecule has 0 aliphatic heterocycles. The molecule has 0 aromatic heterocycles. The second-order valence-electron chi connectivity index (χ2n) is 5.08. The van der Waals surface area contributed by atoms with Crippen LogP contribution in [0.2, 0.25) is 0 Å². The van der Waals surface area contributed by atoms with Gasteiger partial charge in [0.15, 0.2) is 0 Å². The third kappa shape index (κ3) is 3.20. The van der Waals surface area contributed by atoms with Crippen molar-refractivity contribution in [2.24, 2.45) is 11.8 Å². The lowest BCUT2D eigenvalue weighted by Crippen LogP contribution is -2.51. The number of carboxylic acids is 1. The molecule has 3 atom stereocenters. The Morgan fingerprint density at radius 1 is 1.47 bits per heavy atom. The first-order chi connectivity index (χ1) is 6.99. The zero-order valence-electron chi connectivity index (χ0n) is 10.0. The molecule has 0 aromatic carbocycles. The van der Waals surface area contributed by atoms with E-state index in [4.69, 9.17) is 5.11 Å². The Hall–Kier alpha value is -0.570. The predicted octanol–water partition coefficient (Wildman–Crippen LogP) is 2.27. The third-order valence-electron chi connectivity index (χ3n) is 3.80. The van der Waals surface area contributed by atoms with Gasteiger partial charge in [-0.15, -0.1) is 0 Å². The summed E-state index contributed by atoms with van der Waals surface area (Å²) in [5.41, 5.74) is -0.146. The van der Waals surface area contributed by atoms with E-state index in [0.717, 1.165) is 31.7 Å². The van der Waals surface area contributed by atoms with Gasteiger partial charge in [0.1, 0.15) is 0 Å². The molecule has 3 nitrogen and oxygen atoms in total. The average molecular weight is 213 g/mol. The number of nitrogens with one attached hydrogen (secondary N) is 1. The molecule has 1 aliphatic carbocycles. The molecule has 1 saturated carbocycles. The van der Waals surface area contributed by atoms with Crippen LogP contribution in [0, 0.1) is 11.8 Å². The van der Waals surface area contributed by atoms with E-state index in [1.54, 1.807) is 0 Å². The Balaban J connectivity index is 2.69. The Morgan fingerprint density at radius 2 is 2.13 bits per heavy atom. The fraction of sp³-hybridized carbons (Fsp3) is 0.917. The molecule has 1 rings (SSSR count). The summed E-state index contributed by atoms with van der Waals surface area (Å²) in [7, 11) is 0. The number of aliphatic carboxylic acids is 1. The molecular weight excluding hydrogens is 190 g/mol. The molecule has 88 valence electrons. The minimum atomic E-state index is -0.683. The van der Waals surface area contributed by atoms with Gasteiger partial charge in [0, 0.05) is 5.54 Å². The van der Waals surface area contributed by atoms with Crippen molar-refractivity contribution in [1.29, 1.82) is 0 Å². The molecule has 0 bridgehead atoms. The SMILES string of the molecule is CCNC1(CC(=O)O)CCC(C)C(C)C1. The maximum absolute atomic E-state index is 10.9. The van der Waals surface area contributed by atoms with E-state index in [9.17, 15) is 4.79 Å². The first-order valence-electron chi connectivity index (χ1n) is 5.96. The lowest BCUT2D eigenvalue weighted by molar-refractivity contribution is -0.139. The molecule has 2 N–H and O–H groups in total. The lowest BCUT2D eigenvalue weighted by Gasteiger charge is -2.42. The number of carboxylic acid groups (broad SMARTS) is 1. The average Bonchev–Trinajstić information content (AvgIpc) is 2.11. The molecular formula is C12H23NO2. The van der Waals surface area contributed by atoms with Gasteiger partial charge in [-0.1, -0.05) is 20.8 Å². The van der Waals surface area contributed by atoms with Crippen molar-refractivity contribution < 1.29 is 9.90 Å². The molecule has 0 saturated heterocycles. The highest BCUT2D eigenvalue weighted by molar-refractivity contribution is 5.68. The smallest absolute Gasteiger partial charge is 0.305 e. The van der Waals surface area contributed by atoms with Crippen LogP contribution in [-0.2, 0) is 4.79 Å². The van der Waals surface area contributed by atoms with E-state index in [1.165, 1.54) is 0 Å². The van der Waals surface area contributed by atoms with Gasteiger partial charge in [-0.3, -0.25) is 4.79 Å². The first-order valence-corrected chi connectivity index (χ1v) is 5.96. The maximum Gasteiger partial charge on any atom is 0.305 e.